The van der Waals surface area contributed by atoms with Crippen molar-refractivity contribution in [3.8, 4) is 17.1 Å². The molecule has 2 aromatic heterocycles. The molecule has 0 N–H and O–H groups in total. The number of Topliss-reactive ketones (excluding diaryl/α,β-unsaturated/α-hetero) is 1. The molecule has 0 amide bonds. The van der Waals surface area contributed by atoms with Crippen molar-refractivity contribution in [2.24, 2.45) is 0 Å². The van der Waals surface area contributed by atoms with Crippen LogP contribution in [0.5, 0.6) is 5.75 Å². The number of fused-ring (bicyclic) bond motifs is 1. The third-order valence-electron chi connectivity index (χ3n) is 3.24. The molecule has 0 unspecified atom stereocenters. The molecule has 0 saturated heterocycles. The largest absolute Gasteiger partial charge is 0.496 e. The van der Waals surface area contributed by atoms with Gasteiger partial charge in [-0.3, -0.25) is 9.78 Å². The number of ketones is 1. The monoisotopic (exact) mass is 301 g/mol. The zero-order valence-electron chi connectivity index (χ0n) is 11.5. The summed E-state index contributed by atoms with van der Waals surface area (Å²) in [7, 11) is 1.55. The summed E-state index contributed by atoms with van der Waals surface area (Å²) in [6, 6.07) is 8.70. The maximum absolute atomic E-state index is 11.4. The summed E-state index contributed by atoms with van der Waals surface area (Å²) in [5.41, 5.74) is 2.54. The van der Waals surface area contributed by atoms with Crippen LogP contribution in [0.25, 0.3) is 22.4 Å². The zero-order chi connectivity index (χ0) is 15.0. The lowest BCUT2D eigenvalue weighted by atomic mass is 10.1. The number of rotatable bonds is 3. The molecule has 4 nitrogen and oxygen atoms in total. The van der Waals surface area contributed by atoms with Gasteiger partial charge in [0.1, 0.15) is 17.0 Å². The number of furan rings is 1. The first-order valence-corrected chi connectivity index (χ1v) is 6.71. The van der Waals surface area contributed by atoms with E-state index in [1.165, 1.54) is 6.92 Å². The van der Waals surface area contributed by atoms with E-state index in [4.69, 9.17) is 20.8 Å². The third-order valence-corrected chi connectivity index (χ3v) is 3.54. The quantitative estimate of drug-likeness (QED) is 0.674. The first-order valence-electron chi connectivity index (χ1n) is 6.33. The zero-order valence-corrected chi connectivity index (χ0v) is 12.3. The van der Waals surface area contributed by atoms with Gasteiger partial charge in [0.05, 0.1) is 17.7 Å². The van der Waals surface area contributed by atoms with Crippen molar-refractivity contribution >= 4 is 28.5 Å². The van der Waals surface area contributed by atoms with Gasteiger partial charge in [0.15, 0.2) is 11.4 Å². The van der Waals surface area contributed by atoms with E-state index in [1.54, 1.807) is 43.6 Å². The van der Waals surface area contributed by atoms with Crippen LogP contribution in [0.3, 0.4) is 0 Å². The minimum Gasteiger partial charge on any atom is -0.496 e. The Morgan fingerprint density at radius 2 is 2.10 bits per heavy atom. The number of halogens is 1. The molecule has 3 aromatic rings. The highest BCUT2D eigenvalue weighted by Gasteiger charge is 2.15. The van der Waals surface area contributed by atoms with E-state index in [0.717, 1.165) is 5.56 Å². The predicted molar refractivity (Wildman–Crippen MR) is 81.0 cm³/mol. The molecule has 1 aromatic carbocycles. The molecule has 106 valence electrons. The van der Waals surface area contributed by atoms with Crippen molar-refractivity contribution in [2.45, 2.75) is 6.92 Å². The summed E-state index contributed by atoms with van der Waals surface area (Å²) in [5.74, 6) is 1.14. The molecule has 0 aliphatic rings. The molecule has 0 aliphatic heterocycles. The molecule has 21 heavy (non-hydrogen) atoms. The Balaban J connectivity index is 2.18. The number of hydrogen-bond donors (Lipinski definition) is 0. The Morgan fingerprint density at radius 3 is 2.76 bits per heavy atom. The van der Waals surface area contributed by atoms with Gasteiger partial charge in [-0.1, -0.05) is 17.7 Å². The molecule has 0 saturated carbocycles. The fourth-order valence-corrected chi connectivity index (χ4v) is 2.35. The minimum absolute atomic E-state index is 0.0193. The lowest BCUT2D eigenvalue weighted by Crippen LogP contribution is -1.94. The number of pyridine rings is 1. The summed E-state index contributed by atoms with van der Waals surface area (Å²) >= 11 is 6.09. The smallest absolute Gasteiger partial charge is 0.171 e. The van der Waals surface area contributed by atoms with Crippen LogP contribution in [-0.4, -0.2) is 17.9 Å². The highest BCUT2D eigenvalue weighted by atomic mass is 35.5. The maximum atomic E-state index is 11.4. The molecule has 0 fully saturated rings. The van der Waals surface area contributed by atoms with Crippen molar-refractivity contribution in [1.29, 1.82) is 0 Å². The second-order valence-electron chi connectivity index (χ2n) is 4.59. The van der Waals surface area contributed by atoms with Crippen LogP contribution in [0.1, 0.15) is 17.3 Å². The standard InChI is InChI=1S/C16H12ClNO3/c1-9(19)10-3-4-11(14(7-10)20-2)15-8-13-16(21-15)12(17)5-6-18-13/h3-8H,1-2H3. The van der Waals surface area contributed by atoms with Crippen LogP contribution in [-0.2, 0) is 0 Å². The van der Waals surface area contributed by atoms with Crippen LogP contribution in [0.4, 0.5) is 0 Å². The number of carbonyl (C=O) groups is 1. The summed E-state index contributed by atoms with van der Waals surface area (Å²) in [6.07, 6.45) is 1.63. The van der Waals surface area contributed by atoms with Crippen LogP contribution >= 0.6 is 11.6 Å². The predicted octanol–water partition coefficient (Wildman–Crippen LogP) is 4.36. The Kier molecular flexibility index (Phi) is 3.39. The van der Waals surface area contributed by atoms with E-state index in [-0.39, 0.29) is 5.78 Å². The highest BCUT2D eigenvalue weighted by molar-refractivity contribution is 6.34. The number of nitrogens with zero attached hydrogens (tertiary/aromatic N) is 1. The van der Waals surface area contributed by atoms with Crippen LogP contribution in [0, 0.1) is 0 Å². The Labute approximate surface area is 126 Å². The average Bonchev–Trinajstić information content (AvgIpc) is 2.91. The summed E-state index contributed by atoms with van der Waals surface area (Å²) in [4.78, 5) is 15.7. The number of aromatic nitrogens is 1. The van der Waals surface area contributed by atoms with Gasteiger partial charge in [0, 0.05) is 17.8 Å². The van der Waals surface area contributed by atoms with Crippen LogP contribution in [0.2, 0.25) is 5.02 Å². The van der Waals surface area contributed by atoms with E-state index in [9.17, 15) is 4.79 Å². The van der Waals surface area contributed by atoms with Crippen LogP contribution < -0.4 is 4.74 Å². The SMILES string of the molecule is COc1cc(C(C)=O)ccc1-c1cc2nccc(Cl)c2o1. The van der Waals surface area contributed by atoms with E-state index >= 15 is 0 Å². The summed E-state index contributed by atoms with van der Waals surface area (Å²) in [6.45, 7) is 1.51. The molecule has 5 heteroatoms. The number of methoxy groups -OCH3 is 1. The normalized spacial score (nSPS) is 10.8. The van der Waals surface area contributed by atoms with Gasteiger partial charge in [-0.2, -0.15) is 0 Å². The number of carbonyl (C=O) groups excluding carboxylic acids is 1. The topological polar surface area (TPSA) is 52.3 Å². The van der Waals surface area contributed by atoms with Crippen molar-refractivity contribution in [1.82, 2.24) is 4.98 Å². The maximum Gasteiger partial charge on any atom is 0.171 e. The number of benzene rings is 1. The first-order chi connectivity index (χ1) is 10.1. The van der Waals surface area contributed by atoms with E-state index in [2.05, 4.69) is 4.98 Å². The summed E-state index contributed by atoms with van der Waals surface area (Å²) in [5, 5.41) is 0.505. The molecular formula is C16H12ClNO3. The lowest BCUT2D eigenvalue weighted by Gasteiger charge is -2.07. The molecule has 2 heterocycles. The Morgan fingerprint density at radius 1 is 1.29 bits per heavy atom. The average molecular weight is 302 g/mol. The molecule has 0 radical (unpaired) electrons. The Bertz CT molecular complexity index is 839. The van der Waals surface area contributed by atoms with E-state index < -0.39 is 0 Å². The molecule has 0 spiro atoms. The lowest BCUT2D eigenvalue weighted by molar-refractivity contribution is 0.101. The van der Waals surface area contributed by atoms with Crippen LogP contribution in [0.15, 0.2) is 40.9 Å². The summed E-state index contributed by atoms with van der Waals surface area (Å²) < 4.78 is 11.1. The minimum atomic E-state index is -0.0193. The van der Waals surface area contributed by atoms with Gasteiger partial charge >= 0.3 is 0 Å². The van der Waals surface area contributed by atoms with Gasteiger partial charge < -0.3 is 9.15 Å². The number of ether oxygens (including phenoxy) is 1. The van der Waals surface area contributed by atoms with Crippen molar-refractivity contribution in [2.75, 3.05) is 7.11 Å². The van der Waals surface area contributed by atoms with E-state index in [0.29, 0.717) is 33.2 Å². The molecule has 0 bridgehead atoms. The fourth-order valence-electron chi connectivity index (χ4n) is 2.15. The van der Waals surface area contributed by atoms with Gasteiger partial charge in [-0.15, -0.1) is 0 Å². The van der Waals surface area contributed by atoms with Crippen molar-refractivity contribution < 1.29 is 13.9 Å². The van der Waals surface area contributed by atoms with Gasteiger partial charge in [0.25, 0.3) is 0 Å². The second kappa shape index (κ2) is 5.22. The highest BCUT2D eigenvalue weighted by Crippen LogP contribution is 2.36. The van der Waals surface area contributed by atoms with Gasteiger partial charge in [-0.25, -0.2) is 0 Å². The Hall–Kier alpha value is -2.33. The molecular weight excluding hydrogens is 290 g/mol. The van der Waals surface area contributed by atoms with E-state index in [1.807, 2.05) is 0 Å². The van der Waals surface area contributed by atoms with Crippen molar-refractivity contribution in [3.63, 3.8) is 0 Å². The fraction of sp³-hybridized carbons (Fsp3) is 0.125. The molecule has 0 atom stereocenters. The van der Waals surface area contributed by atoms with Gasteiger partial charge in [-0.05, 0) is 25.1 Å². The third kappa shape index (κ3) is 2.38. The first kappa shape index (κ1) is 13.6. The molecule has 3 rings (SSSR count). The van der Waals surface area contributed by atoms with Gasteiger partial charge in [0.2, 0.25) is 0 Å². The van der Waals surface area contributed by atoms with Crippen molar-refractivity contribution in [3.05, 3.63) is 47.1 Å². The second-order valence-corrected chi connectivity index (χ2v) is 5.00. The molecule has 0 aliphatic carbocycles. The number of hydrogen-bond acceptors (Lipinski definition) is 4.